The number of para-hydroxylation sites is 2. The normalized spacial score (nSPS) is 11.7. The highest BCUT2D eigenvalue weighted by molar-refractivity contribution is 7.26. The number of nitrogens with zero attached hydrogens (tertiary/aromatic N) is 2. The van der Waals surface area contributed by atoms with Crippen molar-refractivity contribution in [1.29, 1.82) is 0 Å². The Morgan fingerprint density at radius 2 is 0.773 bits per heavy atom. The van der Waals surface area contributed by atoms with Gasteiger partial charge in [0.15, 0.2) is 0 Å². The fraction of sp³-hybridized carbons (Fsp3) is 0. The average molecular weight is 971 g/mol. The Hall–Kier alpha value is -9.54. The van der Waals surface area contributed by atoms with E-state index in [0.29, 0.717) is 0 Å². The molecule has 0 unspecified atom stereocenters. The molecule has 75 heavy (non-hydrogen) atoms. The van der Waals surface area contributed by atoms with Crippen molar-refractivity contribution in [3.8, 4) is 50.2 Å². The molecule has 0 saturated heterocycles. The van der Waals surface area contributed by atoms with E-state index in [-0.39, 0.29) is 0 Å². The van der Waals surface area contributed by atoms with Crippen molar-refractivity contribution in [2.75, 3.05) is 4.90 Å². The lowest BCUT2D eigenvalue weighted by Crippen LogP contribution is -2.11. The highest BCUT2D eigenvalue weighted by Crippen LogP contribution is 2.45. The van der Waals surface area contributed by atoms with Gasteiger partial charge in [0.25, 0.3) is 0 Å². The van der Waals surface area contributed by atoms with Crippen molar-refractivity contribution in [3.63, 3.8) is 0 Å². The molecule has 0 N–H and O–H groups in total. The van der Waals surface area contributed by atoms with Crippen molar-refractivity contribution >= 4 is 103 Å². The van der Waals surface area contributed by atoms with Crippen LogP contribution in [0.1, 0.15) is 0 Å². The highest BCUT2D eigenvalue weighted by atomic mass is 32.1. The van der Waals surface area contributed by atoms with Gasteiger partial charge in [0, 0.05) is 53.6 Å². The maximum absolute atomic E-state index is 2.43. The van der Waals surface area contributed by atoms with Gasteiger partial charge in [-0.15, -0.1) is 11.3 Å². The Labute approximate surface area is 438 Å². The van der Waals surface area contributed by atoms with Gasteiger partial charge in [0.05, 0.1) is 16.7 Å². The summed E-state index contributed by atoms with van der Waals surface area (Å²) in [5.74, 6) is 0. The van der Waals surface area contributed by atoms with E-state index in [1.54, 1.807) is 0 Å². The molecule has 15 aromatic rings. The van der Waals surface area contributed by atoms with Crippen LogP contribution in [0, 0.1) is 0 Å². The van der Waals surface area contributed by atoms with E-state index in [0.717, 1.165) is 39.4 Å². The fourth-order valence-corrected chi connectivity index (χ4v) is 13.0. The molecule has 0 aliphatic carbocycles. The van der Waals surface area contributed by atoms with Gasteiger partial charge < -0.3 is 9.47 Å². The molecule has 2 aromatic heterocycles. The zero-order valence-corrected chi connectivity index (χ0v) is 41.7. The van der Waals surface area contributed by atoms with Crippen LogP contribution in [0.3, 0.4) is 0 Å². The van der Waals surface area contributed by atoms with Gasteiger partial charge in [0.1, 0.15) is 0 Å². The van der Waals surface area contributed by atoms with Crippen molar-refractivity contribution in [2.24, 2.45) is 0 Å². The molecule has 0 bridgehead atoms. The second-order valence-electron chi connectivity index (χ2n) is 19.6. The van der Waals surface area contributed by atoms with Crippen LogP contribution in [0.25, 0.3) is 124 Å². The van der Waals surface area contributed by atoms with Gasteiger partial charge in [-0.1, -0.05) is 206 Å². The number of hydrogen-bond donors (Lipinski definition) is 0. The summed E-state index contributed by atoms with van der Waals surface area (Å²) in [5, 5.41) is 12.8. The first-order valence-electron chi connectivity index (χ1n) is 25.7. The maximum Gasteiger partial charge on any atom is 0.0541 e. The highest BCUT2D eigenvalue weighted by Gasteiger charge is 2.20. The molecule has 0 amide bonds. The molecule has 350 valence electrons. The number of benzene rings is 13. The molecule has 0 atom stereocenters. The summed E-state index contributed by atoms with van der Waals surface area (Å²) < 4.78 is 5.05. The van der Waals surface area contributed by atoms with Crippen molar-refractivity contribution in [1.82, 2.24) is 4.57 Å². The van der Waals surface area contributed by atoms with Crippen molar-refractivity contribution < 1.29 is 0 Å². The number of thiophene rings is 1. The summed E-state index contributed by atoms with van der Waals surface area (Å²) in [6.07, 6.45) is 0. The molecule has 0 saturated carbocycles. The summed E-state index contributed by atoms with van der Waals surface area (Å²) >= 11 is 1.89. The lowest BCUT2D eigenvalue weighted by atomic mass is 9.94. The lowest BCUT2D eigenvalue weighted by molar-refractivity contribution is 1.18. The van der Waals surface area contributed by atoms with E-state index in [9.17, 15) is 0 Å². The predicted octanol–water partition coefficient (Wildman–Crippen LogP) is 20.7. The monoisotopic (exact) mass is 970 g/mol. The van der Waals surface area contributed by atoms with E-state index < -0.39 is 0 Å². The number of aromatic nitrogens is 1. The molecule has 3 heteroatoms. The van der Waals surface area contributed by atoms with Crippen LogP contribution >= 0.6 is 11.3 Å². The third kappa shape index (κ3) is 7.31. The van der Waals surface area contributed by atoms with E-state index >= 15 is 0 Å². The molecule has 0 aliphatic heterocycles. The van der Waals surface area contributed by atoms with Gasteiger partial charge in [-0.3, -0.25) is 0 Å². The quantitative estimate of drug-likeness (QED) is 0.138. The van der Waals surface area contributed by atoms with E-state index in [1.807, 2.05) is 11.3 Å². The molecule has 2 heterocycles. The Morgan fingerprint density at radius 1 is 0.280 bits per heavy atom. The zero-order chi connectivity index (χ0) is 49.4. The van der Waals surface area contributed by atoms with E-state index in [2.05, 4.69) is 289 Å². The molecule has 0 spiro atoms. The maximum atomic E-state index is 2.43. The van der Waals surface area contributed by atoms with Gasteiger partial charge >= 0.3 is 0 Å². The third-order valence-corrected chi connectivity index (χ3v) is 16.6. The summed E-state index contributed by atoms with van der Waals surface area (Å²) in [6, 6.07) is 103. The SMILES string of the molecule is c1ccc(-c2cc(-c3ccc4c(ccc5ccccc54)c3)ccc2N(c2ccc(-c3cccc(-n4c5ccccc5c5ccccc54)c3)cc2)c2ccc(-c3ccc4c(c3)sc3c5ccccc5ccc43)cc2)cc1. The van der Waals surface area contributed by atoms with Crippen LogP contribution < -0.4 is 4.90 Å². The first-order valence-corrected chi connectivity index (χ1v) is 26.5. The van der Waals surface area contributed by atoms with Crippen LogP contribution in [-0.2, 0) is 0 Å². The van der Waals surface area contributed by atoms with Crippen LogP contribution in [0.2, 0.25) is 0 Å². The minimum Gasteiger partial charge on any atom is -0.310 e. The van der Waals surface area contributed by atoms with Crippen LogP contribution in [0.15, 0.2) is 279 Å². The summed E-state index contributed by atoms with van der Waals surface area (Å²) in [6.45, 7) is 0. The average Bonchev–Trinajstić information content (AvgIpc) is 4.06. The second-order valence-corrected chi connectivity index (χ2v) is 20.7. The van der Waals surface area contributed by atoms with Crippen LogP contribution in [0.4, 0.5) is 17.1 Å². The minimum atomic E-state index is 1.08. The fourth-order valence-electron chi connectivity index (χ4n) is 11.7. The minimum absolute atomic E-state index is 1.08. The Bertz CT molecular complexity index is 4640. The van der Waals surface area contributed by atoms with Crippen molar-refractivity contribution in [3.05, 3.63) is 279 Å². The Balaban J connectivity index is 0.851. The molecule has 13 aromatic carbocycles. The van der Waals surface area contributed by atoms with Gasteiger partial charge in [-0.05, 0) is 144 Å². The van der Waals surface area contributed by atoms with Gasteiger partial charge in [0.2, 0.25) is 0 Å². The molecular formula is C72H46N2S. The van der Waals surface area contributed by atoms with Gasteiger partial charge in [-0.25, -0.2) is 0 Å². The first-order chi connectivity index (χ1) is 37.2. The molecule has 0 fully saturated rings. The third-order valence-electron chi connectivity index (χ3n) is 15.4. The van der Waals surface area contributed by atoms with E-state index in [4.69, 9.17) is 0 Å². The number of anilines is 3. The number of hydrogen-bond acceptors (Lipinski definition) is 2. The van der Waals surface area contributed by atoms with Crippen LogP contribution in [0.5, 0.6) is 0 Å². The number of fused-ring (bicyclic) bond motifs is 11. The van der Waals surface area contributed by atoms with Crippen molar-refractivity contribution in [2.45, 2.75) is 0 Å². The summed E-state index contributed by atoms with van der Waals surface area (Å²) in [4.78, 5) is 2.43. The zero-order valence-electron chi connectivity index (χ0n) is 40.9. The first kappa shape index (κ1) is 43.1. The topological polar surface area (TPSA) is 8.17 Å². The molecule has 2 nitrogen and oxygen atoms in total. The second kappa shape index (κ2) is 17.6. The smallest absolute Gasteiger partial charge is 0.0541 e. The Morgan fingerprint density at radius 3 is 1.49 bits per heavy atom. The van der Waals surface area contributed by atoms with E-state index in [1.165, 1.54) is 102 Å². The molecule has 0 aliphatic rings. The predicted molar refractivity (Wildman–Crippen MR) is 323 cm³/mol. The standard InChI is InChI=1S/C72H46N2S/c1-2-13-49(14-3-1)67-45-54(53-32-39-61-56(43-53)26-25-50-15-4-6-19-60(50)61)34-42-70(67)73(58-37-29-48(30-38-58)55-33-40-65-66-41-31-51-16-5-7-20-62(51)72(66)75-71(65)46-55)57-35-27-47(28-36-57)52-17-12-18-59(44-52)74-68-23-10-8-21-63(68)64-22-9-11-24-69(64)74/h1-46H. The largest absolute Gasteiger partial charge is 0.310 e. The Kier molecular flexibility index (Phi) is 10.1. The van der Waals surface area contributed by atoms with Crippen LogP contribution in [-0.4, -0.2) is 4.57 Å². The van der Waals surface area contributed by atoms with Gasteiger partial charge in [-0.2, -0.15) is 0 Å². The molecular weight excluding hydrogens is 925 g/mol. The molecule has 0 radical (unpaired) electrons. The summed E-state index contributed by atoms with van der Waals surface area (Å²) in [5.41, 5.74) is 16.2. The lowest BCUT2D eigenvalue weighted by Gasteiger charge is -2.29. The molecule has 15 rings (SSSR count). The summed E-state index contributed by atoms with van der Waals surface area (Å²) in [7, 11) is 0. The number of rotatable bonds is 8.